The molecule has 23 heavy (non-hydrogen) atoms. The summed E-state index contributed by atoms with van der Waals surface area (Å²) in [6.07, 6.45) is -0.241. The fourth-order valence-corrected chi connectivity index (χ4v) is 2.35. The normalized spacial score (nSPS) is 13.9. The number of aldehydes is 1. The molecule has 7 heteroatoms. The van der Waals surface area contributed by atoms with E-state index >= 15 is 0 Å². The molecule has 0 saturated heterocycles. The summed E-state index contributed by atoms with van der Waals surface area (Å²) >= 11 is 6.03. The van der Waals surface area contributed by atoms with Crippen LogP contribution in [0.15, 0.2) is 12.1 Å². The first-order chi connectivity index (χ1) is 10.5. The summed E-state index contributed by atoms with van der Waals surface area (Å²) < 4.78 is 24.3. The molecule has 0 aromatic heterocycles. The van der Waals surface area contributed by atoms with Crippen molar-refractivity contribution in [3.63, 3.8) is 0 Å². The van der Waals surface area contributed by atoms with Crippen LogP contribution in [0.2, 0.25) is 5.02 Å². The lowest BCUT2D eigenvalue weighted by Crippen LogP contribution is -2.48. The third kappa shape index (κ3) is 3.93. The molecular formula is C16H21ClFNO4. The van der Waals surface area contributed by atoms with E-state index < -0.39 is 23.1 Å². The molecular weight excluding hydrogens is 325 g/mol. The van der Waals surface area contributed by atoms with Gasteiger partial charge in [0.2, 0.25) is 0 Å². The number of halogens is 2. The first-order valence-electron chi connectivity index (χ1n) is 6.93. The molecule has 5 nitrogen and oxygen atoms in total. The zero-order valence-electron chi connectivity index (χ0n) is 14.1. The molecule has 0 spiro atoms. The van der Waals surface area contributed by atoms with Crippen molar-refractivity contribution < 1.29 is 23.5 Å². The van der Waals surface area contributed by atoms with E-state index in [4.69, 9.17) is 21.1 Å². The minimum absolute atomic E-state index is 0.0602. The molecule has 1 amide bonds. The number of benzene rings is 1. The maximum Gasteiger partial charge on any atom is 0.411 e. The molecule has 128 valence electrons. The zero-order chi connectivity index (χ0) is 18.0. The Morgan fingerprint density at radius 3 is 2.30 bits per heavy atom. The first-order valence-corrected chi connectivity index (χ1v) is 7.31. The van der Waals surface area contributed by atoms with Crippen LogP contribution >= 0.6 is 11.6 Å². The lowest BCUT2D eigenvalue weighted by Gasteiger charge is -2.36. The smallest absolute Gasteiger partial charge is 0.411 e. The SMILES string of the molecule is COc1ccc(F)c(Cl)c1C(C)(C=O)N(C)C(=O)OC(C)(C)C. The van der Waals surface area contributed by atoms with E-state index in [-0.39, 0.29) is 16.3 Å². The molecule has 0 N–H and O–H groups in total. The van der Waals surface area contributed by atoms with Gasteiger partial charge in [-0.25, -0.2) is 9.18 Å². The van der Waals surface area contributed by atoms with E-state index in [1.807, 2.05) is 0 Å². The third-order valence-electron chi connectivity index (χ3n) is 3.38. The van der Waals surface area contributed by atoms with Gasteiger partial charge in [-0.05, 0) is 39.8 Å². The fraction of sp³-hybridized carbons (Fsp3) is 0.500. The Kier molecular flexibility index (Phi) is 5.64. The molecule has 0 aliphatic carbocycles. The van der Waals surface area contributed by atoms with E-state index in [2.05, 4.69) is 0 Å². The predicted octanol–water partition coefficient (Wildman–Crippen LogP) is 3.77. The lowest BCUT2D eigenvalue weighted by molar-refractivity contribution is -0.117. The van der Waals surface area contributed by atoms with Crippen molar-refractivity contribution in [3.05, 3.63) is 28.5 Å². The summed E-state index contributed by atoms with van der Waals surface area (Å²) in [5.41, 5.74) is -2.25. The van der Waals surface area contributed by atoms with E-state index in [1.54, 1.807) is 20.8 Å². The molecule has 0 radical (unpaired) electrons. The Morgan fingerprint density at radius 1 is 1.30 bits per heavy atom. The van der Waals surface area contributed by atoms with Crippen molar-refractivity contribution in [2.75, 3.05) is 14.2 Å². The number of amides is 1. The van der Waals surface area contributed by atoms with Crippen molar-refractivity contribution in [1.82, 2.24) is 4.90 Å². The van der Waals surface area contributed by atoms with Crippen molar-refractivity contribution in [3.8, 4) is 5.75 Å². The van der Waals surface area contributed by atoms with Crippen molar-refractivity contribution >= 4 is 24.0 Å². The molecule has 1 aromatic carbocycles. The van der Waals surface area contributed by atoms with Crippen LogP contribution in [0.5, 0.6) is 5.75 Å². The van der Waals surface area contributed by atoms with Crippen LogP contribution < -0.4 is 4.74 Å². The number of carbonyl (C=O) groups is 2. The number of likely N-dealkylation sites (N-methyl/N-ethyl adjacent to an activating group) is 1. The van der Waals surface area contributed by atoms with Gasteiger partial charge in [0.1, 0.15) is 29.0 Å². The summed E-state index contributed by atoms with van der Waals surface area (Å²) in [6, 6.07) is 2.48. The van der Waals surface area contributed by atoms with Crippen LogP contribution in [-0.2, 0) is 15.1 Å². The van der Waals surface area contributed by atoms with E-state index in [1.165, 1.54) is 27.1 Å². The highest BCUT2D eigenvalue weighted by molar-refractivity contribution is 6.32. The standard InChI is InChI=1S/C16H21ClFNO4/c1-15(2,3)23-14(21)19(5)16(4,9-20)12-11(22-6)8-7-10(18)13(12)17/h7-9H,1-6H3. The molecule has 0 aliphatic heterocycles. The topological polar surface area (TPSA) is 55.8 Å². The highest BCUT2D eigenvalue weighted by Gasteiger charge is 2.41. The van der Waals surface area contributed by atoms with E-state index in [0.29, 0.717) is 6.29 Å². The second-order valence-electron chi connectivity index (χ2n) is 6.24. The number of hydrogen-bond acceptors (Lipinski definition) is 4. The summed E-state index contributed by atoms with van der Waals surface area (Å²) in [5.74, 6) is -0.519. The van der Waals surface area contributed by atoms with Crippen LogP contribution in [0.3, 0.4) is 0 Å². The van der Waals surface area contributed by atoms with Crippen LogP contribution in [0.4, 0.5) is 9.18 Å². The number of methoxy groups -OCH3 is 1. The van der Waals surface area contributed by atoms with Gasteiger partial charge < -0.3 is 14.3 Å². The average molecular weight is 346 g/mol. The van der Waals surface area contributed by atoms with Gasteiger partial charge in [0.15, 0.2) is 0 Å². The number of hydrogen-bond donors (Lipinski definition) is 0. The van der Waals surface area contributed by atoms with Crippen molar-refractivity contribution in [1.29, 1.82) is 0 Å². The van der Waals surface area contributed by atoms with Crippen LogP contribution in [0.1, 0.15) is 33.3 Å². The number of ether oxygens (including phenoxy) is 2. The van der Waals surface area contributed by atoms with Crippen LogP contribution in [0, 0.1) is 5.82 Å². The Bertz CT molecular complexity index is 615. The van der Waals surface area contributed by atoms with Crippen LogP contribution in [0.25, 0.3) is 0 Å². The van der Waals surface area contributed by atoms with Crippen LogP contribution in [-0.4, -0.2) is 37.0 Å². The maximum absolute atomic E-state index is 13.9. The largest absolute Gasteiger partial charge is 0.496 e. The Morgan fingerprint density at radius 2 is 1.87 bits per heavy atom. The van der Waals surface area contributed by atoms with Gasteiger partial charge in [-0.15, -0.1) is 0 Å². The van der Waals surface area contributed by atoms with Gasteiger partial charge >= 0.3 is 6.09 Å². The molecule has 1 unspecified atom stereocenters. The molecule has 0 aliphatic rings. The zero-order valence-corrected chi connectivity index (χ0v) is 14.8. The van der Waals surface area contributed by atoms with Crippen molar-refractivity contribution in [2.45, 2.75) is 38.8 Å². The molecule has 1 aromatic rings. The molecule has 0 saturated carbocycles. The van der Waals surface area contributed by atoms with E-state index in [9.17, 15) is 14.0 Å². The number of carbonyl (C=O) groups excluding carboxylic acids is 2. The lowest BCUT2D eigenvalue weighted by atomic mass is 9.91. The number of nitrogens with zero attached hydrogens (tertiary/aromatic N) is 1. The van der Waals surface area contributed by atoms with Gasteiger partial charge in [-0.2, -0.15) is 0 Å². The van der Waals surface area contributed by atoms with Gasteiger partial charge in [0, 0.05) is 12.6 Å². The van der Waals surface area contributed by atoms with Gasteiger partial charge in [-0.1, -0.05) is 11.6 Å². The highest BCUT2D eigenvalue weighted by atomic mass is 35.5. The Labute approximate surface area is 140 Å². The molecule has 1 atom stereocenters. The first kappa shape index (κ1) is 19.2. The monoisotopic (exact) mass is 345 g/mol. The summed E-state index contributed by atoms with van der Waals surface area (Å²) in [6.45, 7) is 6.54. The predicted molar refractivity (Wildman–Crippen MR) is 85.4 cm³/mol. The molecule has 1 rings (SSSR count). The quantitative estimate of drug-likeness (QED) is 0.779. The third-order valence-corrected chi connectivity index (χ3v) is 3.75. The second kappa shape index (κ2) is 6.74. The Hall–Kier alpha value is -1.82. The summed E-state index contributed by atoms with van der Waals surface area (Å²) in [5, 5.41) is -0.283. The maximum atomic E-state index is 13.9. The summed E-state index contributed by atoms with van der Waals surface area (Å²) in [4.78, 5) is 25.1. The van der Waals surface area contributed by atoms with Gasteiger partial charge in [0.05, 0.1) is 12.1 Å². The van der Waals surface area contributed by atoms with Gasteiger partial charge in [-0.3, -0.25) is 4.90 Å². The molecule has 0 bridgehead atoms. The molecule has 0 fully saturated rings. The van der Waals surface area contributed by atoms with E-state index in [0.717, 1.165) is 11.0 Å². The Balaban J connectivity index is 3.43. The summed E-state index contributed by atoms with van der Waals surface area (Å²) in [7, 11) is 2.74. The minimum atomic E-state index is -1.56. The number of rotatable bonds is 4. The highest BCUT2D eigenvalue weighted by Crippen LogP contribution is 2.40. The fourth-order valence-electron chi connectivity index (χ4n) is 2.00. The second-order valence-corrected chi connectivity index (χ2v) is 6.62. The molecule has 0 heterocycles. The average Bonchev–Trinajstić information content (AvgIpc) is 2.46. The van der Waals surface area contributed by atoms with Crippen molar-refractivity contribution in [2.24, 2.45) is 0 Å². The minimum Gasteiger partial charge on any atom is -0.496 e. The van der Waals surface area contributed by atoms with Gasteiger partial charge in [0.25, 0.3) is 0 Å².